The highest BCUT2D eigenvalue weighted by Crippen LogP contribution is 2.31. The van der Waals surface area contributed by atoms with Crippen LogP contribution in [-0.4, -0.2) is 29.8 Å². The minimum Gasteiger partial charge on any atom is -0.383 e. The van der Waals surface area contributed by atoms with Crippen LogP contribution in [0.25, 0.3) is 0 Å². The maximum atomic E-state index is 5.00. The lowest BCUT2D eigenvalue weighted by Gasteiger charge is -2.27. The van der Waals surface area contributed by atoms with Crippen molar-refractivity contribution in [1.82, 2.24) is 14.9 Å². The zero-order valence-electron chi connectivity index (χ0n) is 11.6. The second-order valence-corrected chi connectivity index (χ2v) is 5.41. The molecule has 4 heteroatoms. The first-order valence-corrected chi connectivity index (χ1v) is 7.01. The van der Waals surface area contributed by atoms with Gasteiger partial charge in [0, 0.05) is 32.4 Å². The molecule has 1 N–H and O–H groups in total. The molecule has 1 heterocycles. The third-order valence-electron chi connectivity index (χ3n) is 3.77. The molecule has 2 rings (SSSR count). The molecule has 1 saturated carbocycles. The molecule has 1 aromatic rings. The van der Waals surface area contributed by atoms with Crippen LogP contribution in [0.2, 0.25) is 0 Å². The summed E-state index contributed by atoms with van der Waals surface area (Å²) in [5, 5.41) is 3.33. The monoisotopic (exact) mass is 251 g/mol. The lowest BCUT2D eigenvalue weighted by atomic mass is 9.87. The van der Waals surface area contributed by atoms with Crippen molar-refractivity contribution >= 4 is 0 Å². The van der Waals surface area contributed by atoms with E-state index in [2.05, 4.69) is 28.0 Å². The van der Waals surface area contributed by atoms with Gasteiger partial charge in [0.1, 0.15) is 0 Å². The lowest BCUT2D eigenvalue weighted by Crippen LogP contribution is -2.19. The van der Waals surface area contributed by atoms with E-state index in [1.54, 1.807) is 7.11 Å². The Morgan fingerprint density at radius 3 is 3.17 bits per heavy atom. The van der Waals surface area contributed by atoms with Gasteiger partial charge in [-0.1, -0.05) is 19.8 Å². The molecule has 0 aromatic carbocycles. The Morgan fingerprint density at radius 2 is 2.39 bits per heavy atom. The van der Waals surface area contributed by atoms with Gasteiger partial charge in [-0.15, -0.1) is 0 Å². The fourth-order valence-corrected chi connectivity index (χ4v) is 2.73. The van der Waals surface area contributed by atoms with Crippen LogP contribution in [0.4, 0.5) is 0 Å². The van der Waals surface area contributed by atoms with Gasteiger partial charge >= 0.3 is 0 Å². The molecule has 102 valence electrons. The number of ether oxygens (including phenoxy) is 1. The van der Waals surface area contributed by atoms with Crippen molar-refractivity contribution < 1.29 is 4.74 Å². The van der Waals surface area contributed by atoms with Crippen LogP contribution in [-0.2, 0) is 11.3 Å². The number of aromatic nitrogens is 2. The van der Waals surface area contributed by atoms with Crippen LogP contribution in [0.3, 0.4) is 0 Å². The van der Waals surface area contributed by atoms with E-state index in [1.165, 1.54) is 25.7 Å². The fraction of sp³-hybridized carbons (Fsp3) is 0.786. The summed E-state index contributed by atoms with van der Waals surface area (Å²) >= 11 is 0. The molecule has 1 fully saturated rings. The van der Waals surface area contributed by atoms with E-state index < -0.39 is 0 Å². The fourth-order valence-electron chi connectivity index (χ4n) is 2.73. The maximum Gasteiger partial charge on any atom is 0.0952 e. The summed E-state index contributed by atoms with van der Waals surface area (Å²) in [6, 6.07) is 0.661. The Bertz CT molecular complexity index is 351. The third kappa shape index (κ3) is 3.82. The molecule has 1 aromatic heterocycles. The first-order chi connectivity index (χ1) is 8.79. The van der Waals surface area contributed by atoms with Crippen molar-refractivity contribution in [2.24, 2.45) is 5.92 Å². The molecule has 18 heavy (non-hydrogen) atoms. The van der Waals surface area contributed by atoms with Crippen LogP contribution < -0.4 is 5.32 Å². The summed E-state index contributed by atoms with van der Waals surface area (Å²) in [6.45, 7) is 4.82. The SMILES string of the molecule is COCCNCc1cn(C2CCCC(C)C2)cn1. The van der Waals surface area contributed by atoms with E-state index in [1.807, 2.05) is 6.33 Å². The first-order valence-electron chi connectivity index (χ1n) is 7.01. The molecular formula is C14H25N3O. The summed E-state index contributed by atoms with van der Waals surface area (Å²) in [6.07, 6.45) is 9.53. The normalized spacial score (nSPS) is 24.3. The predicted octanol–water partition coefficient (Wildman–Crippen LogP) is 2.37. The van der Waals surface area contributed by atoms with E-state index in [-0.39, 0.29) is 0 Å². The summed E-state index contributed by atoms with van der Waals surface area (Å²) in [5.41, 5.74) is 1.13. The summed E-state index contributed by atoms with van der Waals surface area (Å²) in [4.78, 5) is 4.47. The molecule has 0 aliphatic heterocycles. The van der Waals surface area contributed by atoms with E-state index in [0.717, 1.165) is 31.3 Å². The summed E-state index contributed by atoms with van der Waals surface area (Å²) < 4.78 is 7.31. The minimum absolute atomic E-state index is 0.661. The van der Waals surface area contributed by atoms with Gasteiger partial charge in [0.15, 0.2) is 0 Å². The highest BCUT2D eigenvalue weighted by molar-refractivity contribution is 4.98. The van der Waals surface area contributed by atoms with Crippen LogP contribution in [0, 0.1) is 5.92 Å². The van der Waals surface area contributed by atoms with E-state index in [0.29, 0.717) is 6.04 Å². The van der Waals surface area contributed by atoms with Crippen LogP contribution in [0.15, 0.2) is 12.5 Å². The Hall–Kier alpha value is -0.870. The van der Waals surface area contributed by atoms with Crippen molar-refractivity contribution in [2.45, 2.75) is 45.2 Å². The lowest BCUT2D eigenvalue weighted by molar-refractivity contribution is 0.199. The molecule has 2 unspecified atom stereocenters. The molecule has 1 aliphatic rings. The molecule has 0 amide bonds. The zero-order valence-corrected chi connectivity index (χ0v) is 11.6. The Balaban J connectivity index is 1.81. The molecule has 1 aliphatic carbocycles. The molecular weight excluding hydrogens is 226 g/mol. The highest BCUT2D eigenvalue weighted by atomic mass is 16.5. The standard InChI is InChI=1S/C14H25N3O/c1-12-4-3-5-14(8-12)17-10-13(16-11-17)9-15-6-7-18-2/h10-12,14-15H,3-9H2,1-2H3. The number of rotatable bonds is 6. The number of hydrogen-bond acceptors (Lipinski definition) is 3. The van der Waals surface area contributed by atoms with Crippen LogP contribution in [0.5, 0.6) is 0 Å². The molecule has 0 spiro atoms. The minimum atomic E-state index is 0.661. The van der Waals surface area contributed by atoms with Gasteiger partial charge in [0.05, 0.1) is 18.6 Å². The van der Waals surface area contributed by atoms with E-state index >= 15 is 0 Å². The average molecular weight is 251 g/mol. The molecule has 0 bridgehead atoms. The van der Waals surface area contributed by atoms with Gasteiger partial charge in [0.2, 0.25) is 0 Å². The van der Waals surface area contributed by atoms with Gasteiger partial charge in [-0.3, -0.25) is 0 Å². The van der Waals surface area contributed by atoms with Crippen molar-refractivity contribution in [3.63, 3.8) is 0 Å². The van der Waals surface area contributed by atoms with Crippen LogP contribution in [0.1, 0.15) is 44.3 Å². The van der Waals surface area contributed by atoms with E-state index in [4.69, 9.17) is 4.74 Å². The van der Waals surface area contributed by atoms with Crippen LogP contribution >= 0.6 is 0 Å². The Morgan fingerprint density at radius 1 is 1.50 bits per heavy atom. The number of methoxy groups -OCH3 is 1. The Kier molecular flexibility index (Phi) is 5.20. The molecule has 0 radical (unpaired) electrons. The van der Waals surface area contributed by atoms with Gasteiger partial charge in [-0.05, 0) is 18.8 Å². The van der Waals surface area contributed by atoms with Crippen molar-refractivity contribution in [1.29, 1.82) is 0 Å². The largest absolute Gasteiger partial charge is 0.383 e. The second kappa shape index (κ2) is 6.90. The Labute approximate surface area is 110 Å². The summed E-state index contributed by atoms with van der Waals surface area (Å²) in [5.74, 6) is 0.856. The number of nitrogens with one attached hydrogen (secondary N) is 1. The van der Waals surface area contributed by atoms with Gasteiger partial charge < -0.3 is 14.6 Å². The quantitative estimate of drug-likeness (QED) is 0.789. The topological polar surface area (TPSA) is 39.1 Å². The van der Waals surface area contributed by atoms with Gasteiger partial charge in [-0.25, -0.2) is 4.98 Å². The maximum absolute atomic E-state index is 5.00. The predicted molar refractivity (Wildman–Crippen MR) is 72.5 cm³/mol. The molecule has 0 saturated heterocycles. The average Bonchev–Trinajstić information content (AvgIpc) is 2.83. The number of imidazole rings is 1. The molecule has 2 atom stereocenters. The van der Waals surface area contributed by atoms with Gasteiger partial charge in [-0.2, -0.15) is 0 Å². The zero-order chi connectivity index (χ0) is 12.8. The van der Waals surface area contributed by atoms with E-state index in [9.17, 15) is 0 Å². The smallest absolute Gasteiger partial charge is 0.0952 e. The summed E-state index contributed by atoms with van der Waals surface area (Å²) in [7, 11) is 1.72. The highest BCUT2D eigenvalue weighted by Gasteiger charge is 2.20. The number of nitrogens with zero attached hydrogens (tertiary/aromatic N) is 2. The van der Waals surface area contributed by atoms with Gasteiger partial charge in [0.25, 0.3) is 0 Å². The molecule has 4 nitrogen and oxygen atoms in total. The second-order valence-electron chi connectivity index (χ2n) is 5.41. The first kappa shape index (κ1) is 13.6. The van der Waals surface area contributed by atoms with Crippen molar-refractivity contribution in [3.8, 4) is 0 Å². The third-order valence-corrected chi connectivity index (χ3v) is 3.77. The van der Waals surface area contributed by atoms with Crippen molar-refractivity contribution in [2.75, 3.05) is 20.3 Å². The van der Waals surface area contributed by atoms with Crippen molar-refractivity contribution in [3.05, 3.63) is 18.2 Å². The number of hydrogen-bond donors (Lipinski definition) is 1.